The van der Waals surface area contributed by atoms with Crippen LogP contribution in [-0.2, 0) is 23.1 Å². The van der Waals surface area contributed by atoms with Gasteiger partial charge >= 0.3 is 6.09 Å². The molecule has 0 aromatic heterocycles. The van der Waals surface area contributed by atoms with Gasteiger partial charge < -0.3 is 29.7 Å². The number of ether oxygens (including phenoxy) is 3. The number of rotatable bonds is 14. The van der Waals surface area contributed by atoms with Crippen molar-refractivity contribution in [3.05, 3.63) is 108 Å². The maximum absolute atomic E-state index is 13.7. The molecule has 0 saturated carbocycles. The van der Waals surface area contributed by atoms with E-state index in [9.17, 15) is 28.7 Å². The van der Waals surface area contributed by atoms with E-state index in [2.05, 4.69) is 11.4 Å². The quantitative estimate of drug-likeness (QED) is 0.159. The summed E-state index contributed by atoms with van der Waals surface area (Å²) in [4.78, 5) is 11.7. The van der Waals surface area contributed by atoms with Crippen LogP contribution in [0.25, 0.3) is 11.1 Å². The number of amides is 1. The Hall–Kier alpha value is -5.09. The van der Waals surface area contributed by atoms with Crippen LogP contribution in [0.4, 0.5) is 4.79 Å². The van der Waals surface area contributed by atoms with Gasteiger partial charge in [0.25, 0.3) is 0 Å². The number of fused-ring (bicyclic) bond motifs is 1. The molecular weight excluding hydrogens is 634 g/mol. The lowest BCUT2D eigenvalue weighted by atomic mass is 9.99. The van der Waals surface area contributed by atoms with Crippen LogP contribution in [0.2, 0.25) is 0 Å². The first-order chi connectivity index (χ1) is 23.0. The molecule has 48 heavy (non-hydrogen) atoms. The van der Waals surface area contributed by atoms with Gasteiger partial charge in [0.1, 0.15) is 12.4 Å². The lowest BCUT2D eigenvalue weighted by molar-refractivity contribution is 0.0980. The number of hydrogen-bond donors (Lipinski definition) is 3. The first-order valence-corrected chi connectivity index (χ1v) is 16.8. The van der Waals surface area contributed by atoms with Gasteiger partial charge in [-0.05, 0) is 64.9 Å². The fourth-order valence-electron chi connectivity index (χ4n) is 5.40. The zero-order chi connectivity index (χ0) is 34.3. The molecule has 0 aliphatic carbocycles. The zero-order valence-corrected chi connectivity index (χ0v) is 27.4. The molecule has 2 atom stereocenters. The molecule has 1 heterocycles. The van der Waals surface area contributed by atoms with Gasteiger partial charge in [0, 0.05) is 19.2 Å². The van der Waals surface area contributed by atoms with E-state index >= 15 is 0 Å². The number of nitriles is 1. The molecule has 3 N–H and O–H groups in total. The number of hydrogen-bond acceptors (Lipinski definition) is 8. The molecule has 0 fully saturated rings. The summed E-state index contributed by atoms with van der Waals surface area (Å²) in [6, 6.07) is 27.8. The molecule has 11 nitrogen and oxygen atoms in total. The second-order valence-corrected chi connectivity index (χ2v) is 13.8. The smallest absolute Gasteiger partial charge is 0.404 e. The largest absolute Gasteiger partial charge is 0.489 e. The lowest BCUT2D eigenvalue weighted by Gasteiger charge is -2.30. The van der Waals surface area contributed by atoms with Crippen LogP contribution >= 0.6 is 0 Å². The van der Waals surface area contributed by atoms with Crippen molar-refractivity contribution >= 4 is 16.1 Å². The summed E-state index contributed by atoms with van der Waals surface area (Å²) in [5, 5.41) is 32.5. The highest BCUT2D eigenvalue weighted by Crippen LogP contribution is 2.35. The van der Waals surface area contributed by atoms with Crippen LogP contribution in [0.15, 0.2) is 95.9 Å². The van der Waals surface area contributed by atoms with Crippen LogP contribution in [0.1, 0.15) is 30.5 Å². The molecule has 1 amide bonds. The van der Waals surface area contributed by atoms with Crippen molar-refractivity contribution in [1.29, 1.82) is 5.26 Å². The van der Waals surface area contributed by atoms with E-state index in [1.54, 1.807) is 30.3 Å². The van der Waals surface area contributed by atoms with E-state index in [-0.39, 0.29) is 37.1 Å². The second-order valence-electron chi connectivity index (χ2n) is 11.8. The lowest BCUT2D eigenvalue weighted by Crippen LogP contribution is -2.50. The molecule has 5 rings (SSSR count). The zero-order valence-electron chi connectivity index (χ0n) is 26.6. The van der Waals surface area contributed by atoms with E-state index < -0.39 is 28.3 Å². The molecule has 1 aliphatic heterocycles. The number of carbonyl (C=O) groups is 1. The Balaban J connectivity index is 1.23. The third-order valence-electron chi connectivity index (χ3n) is 7.81. The molecule has 0 saturated heterocycles. The number of sulfonamides is 1. The minimum atomic E-state index is -4.07. The first kappa shape index (κ1) is 34.3. The molecule has 0 spiro atoms. The number of benzene rings is 4. The number of aliphatic hydroxyl groups is 1. The standard InChI is InChI=1S/C36H37N3O8S/c1-24(2)20-39(48(43,44)30-15-16-34-35(18-30)47-23-46-34)21-33(40)32(38-36(41)42)17-25-9-13-29(14-10-25)45-22-26-7-11-27(12-8-26)31-6-4-3-5-28(31)19-37/h3-16,18,24,32-33,38,40H,17,20-23H2,1-2H3,(H,41,42)/t32-,33+/m0/s1. The topological polar surface area (TPSA) is 158 Å². The monoisotopic (exact) mass is 671 g/mol. The van der Waals surface area contributed by atoms with E-state index in [0.717, 1.165) is 22.3 Å². The summed E-state index contributed by atoms with van der Waals surface area (Å²) in [5.41, 5.74) is 4.06. The molecule has 0 radical (unpaired) electrons. The summed E-state index contributed by atoms with van der Waals surface area (Å²) in [5.74, 6) is 1.28. The molecule has 12 heteroatoms. The van der Waals surface area contributed by atoms with Crippen LogP contribution in [0.3, 0.4) is 0 Å². The normalized spacial score (nSPS) is 13.6. The first-order valence-electron chi connectivity index (χ1n) is 15.4. The van der Waals surface area contributed by atoms with Crippen molar-refractivity contribution in [3.8, 4) is 34.4 Å². The Kier molecular flexibility index (Phi) is 10.9. The summed E-state index contributed by atoms with van der Waals surface area (Å²) >= 11 is 0. The van der Waals surface area contributed by atoms with Gasteiger partial charge in [-0.1, -0.05) is 68.4 Å². The summed E-state index contributed by atoms with van der Waals surface area (Å²) in [7, 11) is -4.07. The average Bonchev–Trinajstić information content (AvgIpc) is 3.55. The number of nitrogens with one attached hydrogen (secondary N) is 1. The summed E-state index contributed by atoms with van der Waals surface area (Å²) < 4.78 is 45.1. The molecule has 0 unspecified atom stereocenters. The molecule has 250 valence electrons. The SMILES string of the molecule is CC(C)CN(C[C@@H](O)[C@H](Cc1ccc(OCc2ccc(-c3ccccc3C#N)cc2)cc1)NC(=O)O)S(=O)(=O)c1ccc2c(c1)OCO2. The van der Waals surface area contributed by atoms with Crippen LogP contribution < -0.4 is 19.5 Å². The number of nitrogens with zero attached hydrogens (tertiary/aromatic N) is 2. The summed E-state index contributed by atoms with van der Waals surface area (Å²) in [6.45, 7) is 3.80. The van der Waals surface area contributed by atoms with Gasteiger partial charge in [-0.15, -0.1) is 0 Å². The van der Waals surface area contributed by atoms with Crippen molar-refractivity contribution in [2.75, 3.05) is 19.9 Å². The third kappa shape index (κ3) is 8.43. The summed E-state index contributed by atoms with van der Waals surface area (Å²) in [6.07, 6.45) is -2.59. The average molecular weight is 672 g/mol. The molecule has 1 aliphatic rings. The predicted molar refractivity (Wildman–Crippen MR) is 178 cm³/mol. The van der Waals surface area contributed by atoms with Gasteiger partial charge in [0.05, 0.1) is 28.7 Å². The fourth-order valence-corrected chi connectivity index (χ4v) is 7.03. The van der Waals surface area contributed by atoms with E-state index in [1.165, 1.54) is 22.5 Å². The molecular formula is C36H37N3O8S. The van der Waals surface area contributed by atoms with Crippen molar-refractivity contribution < 1.29 is 37.6 Å². The Labute approximate surface area is 280 Å². The number of carboxylic acid groups (broad SMARTS) is 1. The van der Waals surface area contributed by atoms with Gasteiger partial charge in [-0.2, -0.15) is 9.57 Å². The highest BCUT2D eigenvalue weighted by atomic mass is 32.2. The van der Waals surface area contributed by atoms with E-state index in [0.29, 0.717) is 29.4 Å². The van der Waals surface area contributed by atoms with Gasteiger partial charge in [0.2, 0.25) is 16.8 Å². The third-order valence-corrected chi connectivity index (χ3v) is 9.64. The van der Waals surface area contributed by atoms with Crippen LogP contribution in [0.5, 0.6) is 17.2 Å². The number of aliphatic hydroxyl groups excluding tert-OH is 1. The van der Waals surface area contributed by atoms with Gasteiger partial charge in [-0.3, -0.25) is 0 Å². The molecule has 0 bridgehead atoms. The second kappa shape index (κ2) is 15.2. The van der Waals surface area contributed by atoms with Gasteiger partial charge in [-0.25, -0.2) is 13.2 Å². The minimum absolute atomic E-state index is 0.00247. The van der Waals surface area contributed by atoms with E-state index in [4.69, 9.17) is 14.2 Å². The predicted octanol–water partition coefficient (Wildman–Crippen LogP) is 5.42. The minimum Gasteiger partial charge on any atom is -0.489 e. The van der Waals surface area contributed by atoms with Crippen LogP contribution in [0, 0.1) is 17.2 Å². The highest BCUT2D eigenvalue weighted by Gasteiger charge is 2.32. The maximum atomic E-state index is 13.7. The maximum Gasteiger partial charge on any atom is 0.404 e. The van der Waals surface area contributed by atoms with Crippen molar-refractivity contribution in [1.82, 2.24) is 9.62 Å². The Bertz CT molecular complexity index is 1870. The fraction of sp³-hybridized carbons (Fsp3) is 0.278. The Morgan fingerprint density at radius 3 is 2.33 bits per heavy atom. The Morgan fingerprint density at radius 2 is 1.65 bits per heavy atom. The van der Waals surface area contributed by atoms with Crippen molar-refractivity contribution in [3.63, 3.8) is 0 Å². The molecule has 4 aromatic rings. The molecule has 4 aromatic carbocycles. The van der Waals surface area contributed by atoms with Crippen molar-refractivity contribution in [2.45, 2.75) is 43.9 Å². The van der Waals surface area contributed by atoms with Crippen LogP contribution in [-0.4, -0.2) is 61.1 Å². The van der Waals surface area contributed by atoms with Crippen molar-refractivity contribution in [2.24, 2.45) is 5.92 Å². The highest BCUT2D eigenvalue weighted by molar-refractivity contribution is 7.89. The van der Waals surface area contributed by atoms with Gasteiger partial charge in [0.15, 0.2) is 11.5 Å². The van der Waals surface area contributed by atoms with E-state index in [1.807, 2.05) is 56.3 Å². The Morgan fingerprint density at radius 1 is 0.958 bits per heavy atom.